The molecule has 2 N–H and O–H groups in total. The lowest BCUT2D eigenvalue weighted by atomic mass is 10.1. The molecule has 1 atom stereocenters. The van der Waals surface area contributed by atoms with E-state index in [4.69, 9.17) is 0 Å². The maximum absolute atomic E-state index is 13.5. The van der Waals surface area contributed by atoms with Crippen LogP contribution in [-0.4, -0.2) is 15.2 Å². The highest BCUT2D eigenvalue weighted by molar-refractivity contribution is 5.91. The van der Waals surface area contributed by atoms with Gasteiger partial charge in [-0.3, -0.25) is 10.1 Å². The zero-order valence-electron chi connectivity index (χ0n) is 16.1. The Kier molecular flexibility index (Phi) is 5.08. The fourth-order valence-corrected chi connectivity index (χ4v) is 3.24. The normalized spacial score (nSPS) is 12.6. The Balaban J connectivity index is 1.60. The maximum Gasteiger partial charge on any atom is 0.126 e. The van der Waals surface area contributed by atoms with Crippen molar-refractivity contribution in [2.75, 3.05) is 5.32 Å². The number of nitrogens with one attached hydrogen (secondary N) is 2. The SMILES string of the molecule is Cc1cccnc1/C=C/c1[nH]nc2ccc(N[C@H](C)c3cc(F)cc(F)c3)cc12. The molecule has 4 aromatic rings. The standard InChI is InChI=1S/C23H20F2N4/c1-14-4-3-9-26-21(14)7-8-23-20-13-19(5-6-22(20)28-29-23)27-15(2)16-10-17(24)12-18(25)11-16/h3-13,15,27H,1-2H3,(H,28,29)/b8-7+/t15-/m1/s1. The van der Waals surface area contributed by atoms with Gasteiger partial charge in [0.05, 0.1) is 16.9 Å². The summed E-state index contributed by atoms with van der Waals surface area (Å²) in [5.74, 6) is -1.17. The van der Waals surface area contributed by atoms with Crippen molar-refractivity contribution >= 4 is 28.7 Å². The molecule has 0 saturated heterocycles. The predicted octanol–water partition coefficient (Wildman–Crippen LogP) is 5.89. The van der Waals surface area contributed by atoms with Crippen LogP contribution < -0.4 is 5.32 Å². The lowest BCUT2D eigenvalue weighted by Gasteiger charge is -2.16. The minimum atomic E-state index is -0.587. The molecule has 4 nitrogen and oxygen atoms in total. The van der Waals surface area contributed by atoms with Crippen LogP contribution in [0.5, 0.6) is 0 Å². The number of benzene rings is 2. The van der Waals surface area contributed by atoms with E-state index in [-0.39, 0.29) is 6.04 Å². The molecule has 0 aliphatic rings. The maximum atomic E-state index is 13.5. The first-order valence-corrected chi connectivity index (χ1v) is 9.30. The average molecular weight is 390 g/mol. The first kappa shape index (κ1) is 18.8. The molecule has 0 unspecified atom stereocenters. The van der Waals surface area contributed by atoms with Crippen molar-refractivity contribution in [1.82, 2.24) is 15.2 Å². The summed E-state index contributed by atoms with van der Waals surface area (Å²) in [6.07, 6.45) is 5.65. The molecule has 0 aliphatic heterocycles. The molecule has 0 spiro atoms. The smallest absolute Gasteiger partial charge is 0.126 e. The minimum Gasteiger partial charge on any atom is -0.378 e. The highest BCUT2D eigenvalue weighted by Gasteiger charge is 2.10. The second-order valence-corrected chi connectivity index (χ2v) is 6.98. The largest absolute Gasteiger partial charge is 0.378 e. The third-order valence-electron chi connectivity index (χ3n) is 4.81. The number of pyridine rings is 1. The predicted molar refractivity (Wildman–Crippen MR) is 112 cm³/mol. The lowest BCUT2D eigenvalue weighted by molar-refractivity contribution is 0.577. The highest BCUT2D eigenvalue weighted by Crippen LogP contribution is 2.26. The quantitative estimate of drug-likeness (QED) is 0.447. The van der Waals surface area contributed by atoms with Gasteiger partial charge in [0.2, 0.25) is 0 Å². The summed E-state index contributed by atoms with van der Waals surface area (Å²) >= 11 is 0. The van der Waals surface area contributed by atoms with Crippen LogP contribution in [0.2, 0.25) is 0 Å². The molecule has 6 heteroatoms. The van der Waals surface area contributed by atoms with Crippen LogP contribution in [0, 0.1) is 18.6 Å². The topological polar surface area (TPSA) is 53.6 Å². The fourth-order valence-electron chi connectivity index (χ4n) is 3.24. The first-order chi connectivity index (χ1) is 14.0. The molecule has 2 aromatic heterocycles. The summed E-state index contributed by atoms with van der Waals surface area (Å²) < 4.78 is 27.0. The van der Waals surface area contributed by atoms with E-state index in [2.05, 4.69) is 20.5 Å². The van der Waals surface area contributed by atoms with Crippen molar-refractivity contribution in [3.63, 3.8) is 0 Å². The second kappa shape index (κ2) is 7.83. The molecule has 29 heavy (non-hydrogen) atoms. The van der Waals surface area contributed by atoms with Crippen molar-refractivity contribution in [3.05, 3.63) is 88.9 Å². The molecule has 0 fully saturated rings. The van der Waals surface area contributed by atoms with Crippen LogP contribution in [0.1, 0.15) is 35.5 Å². The van der Waals surface area contributed by atoms with Gasteiger partial charge in [0, 0.05) is 29.4 Å². The van der Waals surface area contributed by atoms with Gasteiger partial charge in [-0.1, -0.05) is 6.07 Å². The zero-order valence-corrected chi connectivity index (χ0v) is 16.1. The summed E-state index contributed by atoms with van der Waals surface area (Å²) in [6, 6.07) is 13.0. The first-order valence-electron chi connectivity index (χ1n) is 9.30. The van der Waals surface area contributed by atoms with E-state index < -0.39 is 11.6 Å². The number of hydrogen-bond donors (Lipinski definition) is 2. The van der Waals surface area contributed by atoms with E-state index in [9.17, 15) is 8.78 Å². The summed E-state index contributed by atoms with van der Waals surface area (Å²) in [5, 5.41) is 11.6. The summed E-state index contributed by atoms with van der Waals surface area (Å²) in [6.45, 7) is 3.87. The molecule has 0 saturated carbocycles. The van der Waals surface area contributed by atoms with Crippen LogP contribution in [0.15, 0.2) is 54.7 Å². The van der Waals surface area contributed by atoms with Gasteiger partial charge in [-0.05, 0) is 73.5 Å². The van der Waals surface area contributed by atoms with E-state index in [1.54, 1.807) is 6.20 Å². The van der Waals surface area contributed by atoms with Crippen molar-refractivity contribution in [2.45, 2.75) is 19.9 Å². The number of hydrogen-bond acceptors (Lipinski definition) is 3. The number of anilines is 1. The molecule has 2 heterocycles. The third-order valence-corrected chi connectivity index (χ3v) is 4.81. The Bertz CT molecular complexity index is 1180. The van der Waals surface area contributed by atoms with Crippen LogP contribution >= 0.6 is 0 Å². The molecule has 0 amide bonds. The fraction of sp³-hybridized carbons (Fsp3) is 0.130. The number of nitrogens with zero attached hydrogens (tertiary/aromatic N) is 2. The van der Waals surface area contributed by atoms with Gasteiger partial charge in [-0.15, -0.1) is 0 Å². The van der Waals surface area contributed by atoms with Crippen molar-refractivity contribution in [1.29, 1.82) is 0 Å². The molecule has 0 bridgehead atoms. The monoisotopic (exact) mass is 390 g/mol. The van der Waals surface area contributed by atoms with Gasteiger partial charge >= 0.3 is 0 Å². The number of aromatic amines is 1. The Morgan fingerprint density at radius 2 is 1.83 bits per heavy atom. The van der Waals surface area contributed by atoms with E-state index in [0.29, 0.717) is 5.56 Å². The summed E-state index contributed by atoms with van der Waals surface area (Å²) in [7, 11) is 0. The van der Waals surface area contributed by atoms with E-state index in [1.807, 2.05) is 56.3 Å². The van der Waals surface area contributed by atoms with Crippen LogP contribution in [0.25, 0.3) is 23.1 Å². The molecule has 2 aromatic carbocycles. The van der Waals surface area contributed by atoms with Crippen LogP contribution in [0.3, 0.4) is 0 Å². The minimum absolute atomic E-state index is 0.264. The summed E-state index contributed by atoms with van der Waals surface area (Å²) in [5.41, 5.74) is 5.05. The Hall–Kier alpha value is -3.54. The van der Waals surface area contributed by atoms with Gasteiger partial charge in [0.1, 0.15) is 11.6 Å². The number of H-pyrrole nitrogens is 1. The Morgan fingerprint density at radius 3 is 2.59 bits per heavy atom. The van der Waals surface area contributed by atoms with Gasteiger partial charge in [0.15, 0.2) is 0 Å². The number of rotatable bonds is 5. The second-order valence-electron chi connectivity index (χ2n) is 6.98. The molecular formula is C23H20F2N4. The van der Waals surface area contributed by atoms with E-state index in [1.165, 1.54) is 12.1 Å². The zero-order chi connectivity index (χ0) is 20.4. The Labute approximate surface area is 167 Å². The molecule has 0 aliphatic carbocycles. The van der Waals surface area contributed by atoms with Gasteiger partial charge in [-0.25, -0.2) is 8.78 Å². The molecular weight excluding hydrogens is 370 g/mol. The van der Waals surface area contributed by atoms with Gasteiger partial charge < -0.3 is 5.32 Å². The number of fused-ring (bicyclic) bond motifs is 1. The van der Waals surface area contributed by atoms with Crippen molar-refractivity contribution in [3.8, 4) is 0 Å². The van der Waals surface area contributed by atoms with Gasteiger partial charge in [-0.2, -0.15) is 5.10 Å². The molecule has 0 radical (unpaired) electrons. The molecule has 4 rings (SSSR count). The van der Waals surface area contributed by atoms with E-state index >= 15 is 0 Å². The van der Waals surface area contributed by atoms with Crippen molar-refractivity contribution < 1.29 is 8.78 Å². The van der Waals surface area contributed by atoms with Gasteiger partial charge in [0.25, 0.3) is 0 Å². The number of aryl methyl sites for hydroxylation is 1. The average Bonchev–Trinajstić information content (AvgIpc) is 3.09. The Morgan fingerprint density at radius 1 is 1.03 bits per heavy atom. The lowest BCUT2D eigenvalue weighted by Crippen LogP contribution is -2.07. The van der Waals surface area contributed by atoms with Crippen LogP contribution in [0.4, 0.5) is 14.5 Å². The van der Waals surface area contributed by atoms with Crippen molar-refractivity contribution in [2.24, 2.45) is 0 Å². The number of aromatic nitrogens is 3. The third kappa shape index (κ3) is 4.16. The van der Waals surface area contributed by atoms with Crippen LogP contribution in [-0.2, 0) is 0 Å². The van der Waals surface area contributed by atoms with E-state index in [0.717, 1.165) is 39.6 Å². The highest BCUT2D eigenvalue weighted by atomic mass is 19.1. The number of halogens is 2. The molecule has 146 valence electrons. The summed E-state index contributed by atoms with van der Waals surface area (Å²) in [4.78, 5) is 4.37.